The molecule has 0 aromatic heterocycles. The molecule has 1 aliphatic rings. The number of cyclic esters (lactones) is 1. The highest BCUT2D eigenvalue weighted by molar-refractivity contribution is 6.12. The molecule has 2 aromatic rings. The summed E-state index contributed by atoms with van der Waals surface area (Å²) in [7, 11) is 0. The van der Waals surface area contributed by atoms with Gasteiger partial charge in [-0.15, -0.1) is 0 Å². The second-order valence-electron chi connectivity index (χ2n) is 5.21. The molecule has 0 saturated heterocycles. The lowest BCUT2D eigenvalue weighted by Gasteiger charge is -2.01. The van der Waals surface area contributed by atoms with Crippen molar-refractivity contribution in [2.24, 2.45) is 4.99 Å². The summed E-state index contributed by atoms with van der Waals surface area (Å²) in [5.41, 5.74) is 3.76. The number of hydrogen-bond donors (Lipinski definition) is 0. The predicted molar refractivity (Wildman–Crippen MR) is 82.9 cm³/mol. The molecule has 4 heteroatoms. The third kappa shape index (κ3) is 2.81. The molecule has 0 saturated carbocycles. The molecule has 0 radical (unpaired) electrons. The zero-order valence-corrected chi connectivity index (χ0v) is 12.3. The molecule has 2 aromatic carbocycles. The van der Waals surface area contributed by atoms with Gasteiger partial charge in [0.05, 0.1) is 0 Å². The molecule has 3 nitrogen and oxygen atoms in total. The van der Waals surface area contributed by atoms with E-state index in [9.17, 15) is 9.18 Å². The molecular weight excluding hydrogens is 281 g/mol. The van der Waals surface area contributed by atoms with E-state index in [1.165, 1.54) is 12.1 Å². The summed E-state index contributed by atoms with van der Waals surface area (Å²) in [5.74, 6) is -0.803. The first kappa shape index (κ1) is 14.2. The third-order valence-electron chi connectivity index (χ3n) is 3.41. The molecule has 0 unspecified atom stereocenters. The first-order valence-corrected chi connectivity index (χ1v) is 6.89. The van der Waals surface area contributed by atoms with Crippen molar-refractivity contribution in [1.82, 2.24) is 0 Å². The van der Waals surface area contributed by atoms with Crippen molar-refractivity contribution >= 4 is 17.9 Å². The van der Waals surface area contributed by atoms with E-state index >= 15 is 0 Å². The minimum absolute atomic E-state index is 0.125. The van der Waals surface area contributed by atoms with E-state index < -0.39 is 11.8 Å². The van der Waals surface area contributed by atoms with Crippen LogP contribution in [0.4, 0.5) is 4.39 Å². The average molecular weight is 295 g/mol. The van der Waals surface area contributed by atoms with Gasteiger partial charge in [-0.05, 0) is 49.2 Å². The summed E-state index contributed by atoms with van der Waals surface area (Å²) in [6.07, 6.45) is 1.68. The van der Waals surface area contributed by atoms with Gasteiger partial charge in [0.15, 0.2) is 5.70 Å². The van der Waals surface area contributed by atoms with Gasteiger partial charge in [0.2, 0.25) is 5.90 Å². The normalized spacial score (nSPS) is 15.9. The molecule has 1 heterocycles. The van der Waals surface area contributed by atoms with Gasteiger partial charge in [-0.2, -0.15) is 0 Å². The fourth-order valence-electron chi connectivity index (χ4n) is 2.29. The van der Waals surface area contributed by atoms with Gasteiger partial charge in [-0.25, -0.2) is 14.2 Å². The van der Waals surface area contributed by atoms with Crippen LogP contribution in [0.2, 0.25) is 0 Å². The highest BCUT2D eigenvalue weighted by atomic mass is 19.1. The van der Waals surface area contributed by atoms with Gasteiger partial charge in [0, 0.05) is 5.56 Å². The van der Waals surface area contributed by atoms with E-state index in [1.807, 2.05) is 32.0 Å². The van der Waals surface area contributed by atoms with Crippen molar-refractivity contribution in [1.29, 1.82) is 0 Å². The lowest BCUT2D eigenvalue weighted by atomic mass is 10.0. The Balaban J connectivity index is 1.97. The maximum atomic E-state index is 13.2. The maximum Gasteiger partial charge on any atom is 0.363 e. The standard InChI is InChI=1S/C18H14FNO2/c1-11-6-7-13(12(2)8-11)10-16-18(21)22-17(20-16)14-4-3-5-15(19)9-14/h3-10H,1-2H3/b16-10-. The molecule has 0 bridgehead atoms. The number of rotatable bonds is 2. The summed E-state index contributed by atoms with van der Waals surface area (Å²) in [6.45, 7) is 3.98. The van der Waals surface area contributed by atoms with Crippen molar-refractivity contribution in [2.75, 3.05) is 0 Å². The highest BCUT2D eigenvalue weighted by Gasteiger charge is 2.24. The zero-order chi connectivity index (χ0) is 15.7. The van der Waals surface area contributed by atoms with E-state index in [1.54, 1.807) is 18.2 Å². The minimum atomic E-state index is -0.528. The van der Waals surface area contributed by atoms with Gasteiger partial charge in [0.1, 0.15) is 5.82 Å². The predicted octanol–water partition coefficient (Wildman–Crippen LogP) is 3.79. The summed E-state index contributed by atoms with van der Waals surface area (Å²) in [4.78, 5) is 16.1. The van der Waals surface area contributed by atoms with Crippen LogP contribution >= 0.6 is 0 Å². The molecule has 0 N–H and O–H groups in total. The molecule has 22 heavy (non-hydrogen) atoms. The first-order chi connectivity index (χ1) is 10.5. The Morgan fingerprint density at radius 1 is 1.14 bits per heavy atom. The molecule has 0 spiro atoms. The van der Waals surface area contributed by atoms with Crippen molar-refractivity contribution < 1.29 is 13.9 Å². The molecule has 1 aliphatic heterocycles. The van der Waals surface area contributed by atoms with Crippen LogP contribution in [0, 0.1) is 19.7 Å². The average Bonchev–Trinajstić information content (AvgIpc) is 2.83. The van der Waals surface area contributed by atoms with Crippen LogP contribution in [0.15, 0.2) is 53.2 Å². The topological polar surface area (TPSA) is 38.7 Å². The van der Waals surface area contributed by atoms with Crippen LogP contribution in [0.5, 0.6) is 0 Å². The van der Waals surface area contributed by atoms with Crippen LogP contribution < -0.4 is 0 Å². The molecule has 3 rings (SSSR count). The number of nitrogens with zero attached hydrogens (tertiary/aromatic N) is 1. The Labute approximate surface area is 127 Å². The van der Waals surface area contributed by atoms with Crippen LogP contribution in [-0.2, 0) is 9.53 Å². The first-order valence-electron chi connectivity index (χ1n) is 6.89. The van der Waals surface area contributed by atoms with Gasteiger partial charge < -0.3 is 4.74 Å². The molecule has 0 atom stereocenters. The molecule has 0 amide bonds. The minimum Gasteiger partial charge on any atom is -0.402 e. The lowest BCUT2D eigenvalue weighted by molar-refractivity contribution is -0.129. The van der Waals surface area contributed by atoms with E-state index in [0.717, 1.165) is 16.7 Å². The van der Waals surface area contributed by atoms with Crippen LogP contribution in [0.3, 0.4) is 0 Å². The fourth-order valence-corrected chi connectivity index (χ4v) is 2.29. The number of hydrogen-bond acceptors (Lipinski definition) is 3. The quantitative estimate of drug-likeness (QED) is 0.624. The summed E-state index contributed by atoms with van der Waals surface area (Å²) < 4.78 is 18.4. The van der Waals surface area contributed by atoms with Gasteiger partial charge in [-0.3, -0.25) is 0 Å². The number of esters is 1. The molecule has 110 valence electrons. The maximum absolute atomic E-state index is 13.2. The third-order valence-corrected chi connectivity index (χ3v) is 3.41. The molecular formula is C18H14FNO2. The Bertz CT molecular complexity index is 822. The van der Waals surface area contributed by atoms with E-state index in [4.69, 9.17) is 4.74 Å². The van der Waals surface area contributed by atoms with Crippen molar-refractivity contribution in [2.45, 2.75) is 13.8 Å². The van der Waals surface area contributed by atoms with Crippen molar-refractivity contribution in [3.8, 4) is 0 Å². The Hall–Kier alpha value is -2.75. The van der Waals surface area contributed by atoms with E-state index in [-0.39, 0.29) is 11.6 Å². The number of benzene rings is 2. The Morgan fingerprint density at radius 3 is 2.68 bits per heavy atom. The second kappa shape index (κ2) is 5.56. The molecule has 0 aliphatic carbocycles. The fraction of sp³-hybridized carbons (Fsp3) is 0.111. The van der Waals surface area contributed by atoms with Gasteiger partial charge in [0.25, 0.3) is 0 Å². The van der Waals surface area contributed by atoms with Crippen LogP contribution in [0.25, 0.3) is 6.08 Å². The number of carbonyl (C=O) groups is 1. The van der Waals surface area contributed by atoms with Crippen LogP contribution in [0.1, 0.15) is 22.3 Å². The van der Waals surface area contributed by atoms with Crippen LogP contribution in [-0.4, -0.2) is 11.9 Å². The lowest BCUT2D eigenvalue weighted by Crippen LogP contribution is -2.05. The number of ether oxygens (including phenoxy) is 1. The molecule has 0 fully saturated rings. The Morgan fingerprint density at radius 2 is 1.95 bits per heavy atom. The second-order valence-corrected chi connectivity index (χ2v) is 5.21. The zero-order valence-electron chi connectivity index (χ0n) is 12.3. The van der Waals surface area contributed by atoms with E-state index in [2.05, 4.69) is 4.99 Å². The SMILES string of the molecule is Cc1ccc(/C=C2\N=C(c3cccc(F)c3)OC2=O)c(C)c1. The summed E-state index contributed by atoms with van der Waals surface area (Å²) in [6, 6.07) is 11.7. The van der Waals surface area contributed by atoms with Crippen molar-refractivity contribution in [3.63, 3.8) is 0 Å². The van der Waals surface area contributed by atoms with Gasteiger partial charge >= 0.3 is 5.97 Å². The largest absolute Gasteiger partial charge is 0.402 e. The number of halogens is 1. The summed E-state index contributed by atoms with van der Waals surface area (Å²) >= 11 is 0. The number of aryl methyl sites for hydroxylation is 2. The van der Waals surface area contributed by atoms with E-state index in [0.29, 0.717) is 5.56 Å². The smallest absolute Gasteiger partial charge is 0.363 e. The van der Waals surface area contributed by atoms with Gasteiger partial charge in [-0.1, -0.05) is 29.8 Å². The highest BCUT2D eigenvalue weighted by Crippen LogP contribution is 2.21. The summed E-state index contributed by atoms with van der Waals surface area (Å²) in [5, 5.41) is 0. The van der Waals surface area contributed by atoms with Crippen molar-refractivity contribution in [3.05, 3.63) is 76.2 Å². The number of aliphatic imine (C=N–C) groups is 1. The number of carbonyl (C=O) groups excluding carboxylic acids is 1. The monoisotopic (exact) mass is 295 g/mol. The Kier molecular flexibility index (Phi) is 3.59.